The number of carbonyl (C=O) groups excluding carboxylic acids is 1. The largest absolute Gasteiger partial charge is 0.480 e. The van der Waals surface area contributed by atoms with Crippen LogP contribution in [0.1, 0.15) is 10.4 Å². The number of benzene rings is 1. The minimum atomic E-state index is -1.07. The van der Waals surface area contributed by atoms with E-state index in [9.17, 15) is 9.59 Å². The fourth-order valence-corrected chi connectivity index (χ4v) is 1.84. The second-order valence-corrected chi connectivity index (χ2v) is 4.41. The summed E-state index contributed by atoms with van der Waals surface area (Å²) in [7, 11) is 1.49. The predicted octanol–water partition coefficient (Wildman–Crippen LogP) is -0.165. The van der Waals surface area contributed by atoms with Gasteiger partial charge in [0.2, 0.25) is 0 Å². The Morgan fingerprint density at radius 2 is 2.05 bits per heavy atom. The summed E-state index contributed by atoms with van der Waals surface area (Å²) in [6, 6.07) is 6.56. The van der Waals surface area contributed by atoms with Gasteiger partial charge in [0, 0.05) is 19.2 Å². The van der Waals surface area contributed by atoms with E-state index >= 15 is 0 Å². The molecule has 0 aliphatic heterocycles. The van der Waals surface area contributed by atoms with Crippen molar-refractivity contribution < 1.29 is 19.4 Å². The average Bonchev–Trinajstić information content (AvgIpc) is 3.05. The van der Waals surface area contributed by atoms with E-state index in [1.807, 2.05) is 0 Å². The summed E-state index contributed by atoms with van der Waals surface area (Å²) in [5, 5.41) is 19.7. The summed E-state index contributed by atoms with van der Waals surface area (Å²) in [4.78, 5) is 24.4. The number of nitrogens with zero attached hydrogens (tertiary/aromatic N) is 5. The number of aliphatic carboxylic acids is 1. The van der Waals surface area contributed by atoms with Crippen LogP contribution < -0.4 is 0 Å². The van der Waals surface area contributed by atoms with Gasteiger partial charge < -0.3 is 14.7 Å². The van der Waals surface area contributed by atoms with Crippen molar-refractivity contribution in [3.63, 3.8) is 0 Å². The first-order valence-corrected chi connectivity index (χ1v) is 6.45. The Kier molecular flexibility index (Phi) is 5.15. The third-order valence-electron chi connectivity index (χ3n) is 2.91. The smallest absolute Gasteiger partial charge is 0.323 e. The zero-order valence-corrected chi connectivity index (χ0v) is 11.9. The van der Waals surface area contributed by atoms with Gasteiger partial charge in [-0.3, -0.25) is 9.59 Å². The van der Waals surface area contributed by atoms with Gasteiger partial charge in [0.1, 0.15) is 12.9 Å². The molecule has 0 saturated carbocycles. The molecular formula is C13H15N5O4. The summed E-state index contributed by atoms with van der Waals surface area (Å²) in [5.41, 5.74) is 1.08. The van der Waals surface area contributed by atoms with Gasteiger partial charge in [0.25, 0.3) is 5.91 Å². The van der Waals surface area contributed by atoms with Crippen molar-refractivity contribution in [1.29, 1.82) is 0 Å². The Balaban J connectivity index is 2.13. The van der Waals surface area contributed by atoms with Crippen LogP contribution in [-0.2, 0) is 9.53 Å². The predicted molar refractivity (Wildman–Crippen MR) is 74.6 cm³/mol. The van der Waals surface area contributed by atoms with Crippen molar-refractivity contribution in [2.45, 2.75) is 0 Å². The second kappa shape index (κ2) is 7.27. The molecule has 0 saturated heterocycles. The van der Waals surface area contributed by atoms with Gasteiger partial charge in [-0.1, -0.05) is 0 Å². The number of rotatable bonds is 7. The minimum absolute atomic E-state index is 0.205. The van der Waals surface area contributed by atoms with Crippen LogP contribution in [0.2, 0.25) is 0 Å². The molecular weight excluding hydrogens is 290 g/mol. The monoisotopic (exact) mass is 305 g/mol. The maximum Gasteiger partial charge on any atom is 0.323 e. The van der Waals surface area contributed by atoms with E-state index in [0.717, 1.165) is 0 Å². The molecule has 1 N–H and O–H groups in total. The van der Waals surface area contributed by atoms with Gasteiger partial charge in [-0.05, 0) is 34.7 Å². The minimum Gasteiger partial charge on any atom is -0.480 e. The number of tetrazole rings is 1. The highest BCUT2D eigenvalue weighted by Gasteiger charge is 2.18. The van der Waals surface area contributed by atoms with Gasteiger partial charge in [-0.15, -0.1) is 5.10 Å². The van der Waals surface area contributed by atoms with E-state index in [2.05, 4.69) is 15.5 Å². The highest BCUT2D eigenvalue weighted by atomic mass is 16.5. The van der Waals surface area contributed by atoms with Gasteiger partial charge in [0.15, 0.2) is 0 Å². The molecule has 1 amide bonds. The number of carboxylic acids is 1. The maximum atomic E-state index is 12.3. The number of amides is 1. The third kappa shape index (κ3) is 3.85. The number of carboxylic acid groups (broad SMARTS) is 1. The summed E-state index contributed by atoms with van der Waals surface area (Å²) in [6.45, 7) is 0.0923. The van der Waals surface area contributed by atoms with Gasteiger partial charge in [-0.25, -0.2) is 4.68 Å². The molecule has 0 unspecified atom stereocenters. The summed E-state index contributed by atoms with van der Waals surface area (Å²) >= 11 is 0. The van der Waals surface area contributed by atoms with Crippen molar-refractivity contribution in [1.82, 2.24) is 25.1 Å². The molecule has 1 heterocycles. The van der Waals surface area contributed by atoms with Crippen LogP contribution in [0, 0.1) is 0 Å². The van der Waals surface area contributed by atoms with Crippen LogP contribution in [0.5, 0.6) is 0 Å². The normalized spacial score (nSPS) is 10.4. The lowest BCUT2D eigenvalue weighted by Gasteiger charge is -2.20. The van der Waals surface area contributed by atoms with Gasteiger partial charge in [-0.2, -0.15) is 0 Å². The van der Waals surface area contributed by atoms with Crippen molar-refractivity contribution in [2.24, 2.45) is 0 Å². The number of aromatic nitrogens is 4. The summed E-state index contributed by atoms with van der Waals surface area (Å²) < 4.78 is 6.35. The Bertz CT molecular complexity index is 626. The van der Waals surface area contributed by atoms with Crippen LogP contribution >= 0.6 is 0 Å². The molecule has 1 aromatic carbocycles. The van der Waals surface area contributed by atoms with Crippen LogP contribution in [0.15, 0.2) is 30.6 Å². The number of methoxy groups -OCH3 is 1. The second-order valence-electron chi connectivity index (χ2n) is 4.41. The molecule has 0 aliphatic rings. The molecule has 9 nitrogen and oxygen atoms in total. The Hall–Kier alpha value is -2.81. The highest BCUT2D eigenvalue weighted by Crippen LogP contribution is 2.10. The molecule has 1 aromatic heterocycles. The fourth-order valence-electron chi connectivity index (χ4n) is 1.84. The molecule has 22 heavy (non-hydrogen) atoms. The molecule has 0 aliphatic carbocycles. The molecule has 2 rings (SSSR count). The number of hydrogen-bond donors (Lipinski definition) is 1. The van der Waals surface area contributed by atoms with E-state index in [1.165, 1.54) is 23.0 Å². The van der Waals surface area contributed by atoms with E-state index in [-0.39, 0.29) is 25.6 Å². The first-order chi connectivity index (χ1) is 10.6. The SMILES string of the molecule is COCCN(CC(=O)O)C(=O)c1ccc(-n2cnnn2)cc1. The lowest BCUT2D eigenvalue weighted by atomic mass is 10.2. The Morgan fingerprint density at radius 1 is 1.32 bits per heavy atom. The van der Waals surface area contributed by atoms with E-state index in [1.54, 1.807) is 24.3 Å². The first-order valence-electron chi connectivity index (χ1n) is 6.45. The summed E-state index contributed by atoms with van der Waals surface area (Å²) in [6.07, 6.45) is 1.44. The van der Waals surface area contributed by atoms with Crippen molar-refractivity contribution >= 4 is 11.9 Å². The highest BCUT2D eigenvalue weighted by molar-refractivity contribution is 5.96. The van der Waals surface area contributed by atoms with Gasteiger partial charge in [0.05, 0.1) is 12.3 Å². The lowest BCUT2D eigenvalue weighted by molar-refractivity contribution is -0.137. The van der Waals surface area contributed by atoms with Crippen molar-refractivity contribution in [3.8, 4) is 5.69 Å². The van der Waals surface area contributed by atoms with E-state index in [4.69, 9.17) is 9.84 Å². The molecule has 0 atom stereocenters. The molecule has 116 valence electrons. The Labute approximate surface area is 126 Å². The van der Waals surface area contributed by atoms with Crippen LogP contribution in [-0.4, -0.2) is 68.9 Å². The fraction of sp³-hybridized carbons (Fsp3) is 0.308. The Morgan fingerprint density at radius 3 is 2.59 bits per heavy atom. The molecule has 2 aromatic rings. The van der Waals surface area contributed by atoms with Gasteiger partial charge >= 0.3 is 5.97 Å². The maximum absolute atomic E-state index is 12.3. The molecule has 0 bridgehead atoms. The van der Waals surface area contributed by atoms with Crippen molar-refractivity contribution in [2.75, 3.05) is 26.8 Å². The topological polar surface area (TPSA) is 110 Å². The zero-order valence-electron chi connectivity index (χ0n) is 11.9. The lowest BCUT2D eigenvalue weighted by Crippen LogP contribution is -2.38. The number of ether oxygens (including phenoxy) is 1. The number of hydrogen-bond acceptors (Lipinski definition) is 6. The van der Waals surface area contributed by atoms with E-state index in [0.29, 0.717) is 11.3 Å². The molecule has 9 heteroatoms. The molecule has 0 fully saturated rings. The molecule has 0 radical (unpaired) electrons. The van der Waals surface area contributed by atoms with Crippen LogP contribution in [0.3, 0.4) is 0 Å². The van der Waals surface area contributed by atoms with Crippen LogP contribution in [0.4, 0.5) is 0 Å². The van der Waals surface area contributed by atoms with Crippen molar-refractivity contribution in [3.05, 3.63) is 36.2 Å². The zero-order chi connectivity index (χ0) is 15.9. The average molecular weight is 305 g/mol. The first kappa shape index (κ1) is 15.6. The third-order valence-corrected chi connectivity index (χ3v) is 2.91. The quantitative estimate of drug-likeness (QED) is 0.756. The summed E-state index contributed by atoms with van der Waals surface area (Å²) in [5.74, 6) is -1.45. The molecule has 0 spiro atoms. The number of carbonyl (C=O) groups is 2. The van der Waals surface area contributed by atoms with Crippen LogP contribution in [0.25, 0.3) is 5.69 Å². The standard InChI is InChI=1S/C13H15N5O4/c1-22-7-6-17(8-12(19)20)13(21)10-2-4-11(5-3-10)18-9-14-15-16-18/h2-5,9H,6-8H2,1H3,(H,19,20). The van der Waals surface area contributed by atoms with E-state index < -0.39 is 5.97 Å².